The zero-order valence-corrected chi connectivity index (χ0v) is 10.8. The van der Waals surface area contributed by atoms with Crippen molar-refractivity contribution >= 4 is 5.69 Å². The highest BCUT2D eigenvalue weighted by molar-refractivity contribution is 5.44. The number of nitro groups is 1. The second kappa shape index (κ2) is 5.19. The first-order valence-electron chi connectivity index (χ1n) is 5.89. The van der Waals surface area contributed by atoms with Gasteiger partial charge in [0.2, 0.25) is 0 Å². The number of nitrogens with zero attached hydrogens (tertiary/aromatic N) is 3. The van der Waals surface area contributed by atoms with Gasteiger partial charge in [-0.25, -0.2) is 4.98 Å². The van der Waals surface area contributed by atoms with Crippen LogP contribution in [0.3, 0.4) is 0 Å². The van der Waals surface area contributed by atoms with Crippen LogP contribution in [0, 0.1) is 24.0 Å². The molecular formula is C13H15N3O3. The Morgan fingerprint density at radius 3 is 2.79 bits per heavy atom. The van der Waals surface area contributed by atoms with Crippen molar-refractivity contribution in [3.8, 4) is 0 Å². The lowest BCUT2D eigenvalue weighted by Gasteiger charge is -2.09. The second-order valence-electron chi connectivity index (χ2n) is 4.40. The van der Waals surface area contributed by atoms with E-state index in [0.717, 1.165) is 11.3 Å². The standard InChI is InChI=1S/C13H15N3O3/c1-9-6-15(13(8-17)14-9)7-11-4-3-5-12(10(11)2)16(18)19/h3-6,17H,7-8H2,1-2H3. The highest BCUT2D eigenvalue weighted by atomic mass is 16.6. The van der Waals surface area contributed by atoms with E-state index >= 15 is 0 Å². The Labute approximate surface area is 110 Å². The predicted octanol–water partition coefficient (Wildman–Crippen LogP) is 1.95. The number of aliphatic hydroxyl groups is 1. The minimum atomic E-state index is -0.384. The van der Waals surface area contributed by atoms with E-state index in [9.17, 15) is 15.2 Å². The van der Waals surface area contributed by atoms with Crippen molar-refractivity contribution in [1.29, 1.82) is 0 Å². The van der Waals surface area contributed by atoms with Crippen LogP contribution in [0.1, 0.15) is 22.6 Å². The van der Waals surface area contributed by atoms with E-state index in [1.165, 1.54) is 6.07 Å². The Morgan fingerprint density at radius 2 is 2.16 bits per heavy atom. The number of imidazole rings is 1. The molecular weight excluding hydrogens is 246 g/mol. The number of aliphatic hydroxyl groups excluding tert-OH is 1. The highest BCUT2D eigenvalue weighted by Gasteiger charge is 2.14. The van der Waals surface area contributed by atoms with Crippen LogP contribution in [-0.2, 0) is 13.2 Å². The fraction of sp³-hybridized carbons (Fsp3) is 0.308. The Kier molecular flexibility index (Phi) is 3.62. The van der Waals surface area contributed by atoms with Gasteiger partial charge < -0.3 is 9.67 Å². The maximum absolute atomic E-state index is 10.9. The summed E-state index contributed by atoms with van der Waals surface area (Å²) >= 11 is 0. The summed E-state index contributed by atoms with van der Waals surface area (Å²) in [4.78, 5) is 14.7. The first kappa shape index (κ1) is 13.2. The van der Waals surface area contributed by atoms with Crippen molar-refractivity contribution in [3.63, 3.8) is 0 Å². The average molecular weight is 261 g/mol. The quantitative estimate of drug-likeness (QED) is 0.673. The summed E-state index contributed by atoms with van der Waals surface area (Å²) in [6.45, 7) is 3.89. The van der Waals surface area contributed by atoms with Crippen molar-refractivity contribution in [2.24, 2.45) is 0 Å². The predicted molar refractivity (Wildman–Crippen MR) is 69.8 cm³/mol. The molecule has 2 rings (SSSR count). The number of hydrogen-bond acceptors (Lipinski definition) is 4. The molecule has 0 aliphatic heterocycles. The van der Waals surface area contributed by atoms with Gasteiger partial charge in [0, 0.05) is 24.4 Å². The minimum absolute atomic E-state index is 0.111. The summed E-state index contributed by atoms with van der Waals surface area (Å²) in [5.41, 5.74) is 2.41. The lowest BCUT2D eigenvalue weighted by molar-refractivity contribution is -0.385. The number of aryl methyl sites for hydroxylation is 1. The zero-order valence-electron chi connectivity index (χ0n) is 10.8. The third-order valence-corrected chi connectivity index (χ3v) is 3.08. The normalized spacial score (nSPS) is 10.7. The summed E-state index contributed by atoms with van der Waals surface area (Å²) in [6.07, 6.45) is 1.82. The van der Waals surface area contributed by atoms with Gasteiger partial charge >= 0.3 is 0 Å². The van der Waals surface area contributed by atoms with E-state index < -0.39 is 0 Å². The van der Waals surface area contributed by atoms with Crippen LogP contribution >= 0.6 is 0 Å². The van der Waals surface area contributed by atoms with Gasteiger partial charge in [-0.05, 0) is 19.4 Å². The summed E-state index contributed by atoms with van der Waals surface area (Å²) in [7, 11) is 0. The van der Waals surface area contributed by atoms with Crippen molar-refractivity contribution in [2.45, 2.75) is 27.0 Å². The Balaban J connectivity index is 2.38. The maximum atomic E-state index is 10.9. The summed E-state index contributed by atoms with van der Waals surface area (Å²) in [5, 5.41) is 20.1. The largest absolute Gasteiger partial charge is 0.388 e. The number of rotatable bonds is 4. The highest BCUT2D eigenvalue weighted by Crippen LogP contribution is 2.22. The molecule has 0 aliphatic carbocycles. The average Bonchev–Trinajstić information content (AvgIpc) is 2.71. The first-order chi connectivity index (χ1) is 9.02. The van der Waals surface area contributed by atoms with Gasteiger partial charge in [0.15, 0.2) is 0 Å². The molecule has 6 heteroatoms. The van der Waals surface area contributed by atoms with Crippen LogP contribution in [0.2, 0.25) is 0 Å². The third kappa shape index (κ3) is 2.63. The van der Waals surface area contributed by atoms with Gasteiger partial charge in [-0.2, -0.15) is 0 Å². The van der Waals surface area contributed by atoms with Crippen LogP contribution in [0.15, 0.2) is 24.4 Å². The monoisotopic (exact) mass is 261 g/mol. The van der Waals surface area contributed by atoms with Gasteiger partial charge in [0.05, 0.1) is 10.6 Å². The molecule has 0 saturated carbocycles. The third-order valence-electron chi connectivity index (χ3n) is 3.08. The number of nitro benzene ring substituents is 1. The van der Waals surface area contributed by atoms with Gasteiger partial charge in [0.1, 0.15) is 12.4 Å². The molecule has 100 valence electrons. The number of aromatic nitrogens is 2. The maximum Gasteiger partial charge on any atom is 0.272 e. The van der Waals surface area contributed by atoms with Crippen LogP contribution in [0.25, 0.3) is 0 Å². The molecule has 19 heavy (non-hydrogen) atoms. The first-order valence-corrected chi connectivity index (χ1v) is 5.89. The van der Waals surface area contributed by atoms with Crippen molar-refractivity contribution in [2.75, 3.05) is 0 Å². The molecule has 1 aromatic heterocycles. The van der Waals surface area contributed by atoms with E-state index in [4.69, 9.17) is 0 Å². The zero-order chi connectivity index (χ0) is 14.0. The summed E-state index contributed by atoms with van der Waals surface area (Å²) < 4.78 is 1.81. The summed E-state index contributed by atoms with van der Waals surface area (Å²) in [6, 6.07) is 5.01. The minimum Gasteiger partial charge on any atom is -0.388 e. The molecule has 0 saturated heterocycles. The fourth-order valence-electron chi connectivity index (χ4n) is 2.08. The molecule has 0 atom stereocenters. The molecule has 0 bridgehead atoms. The van der Waals surface area contributed by atoms with Gasteiger partial charge in [-0.15, -0.1) is 0 Å². The van der Waals surface area contributed by atoms with Crippen molar-refractivity contribution < 1.29 is 10.0 Å². The molecule has 0 fully saturated rings. The van der Waals surface area contributed by atoms with Gasteiger partial charge in [0.25, 0.3) is 5.69 Å². The fourth-order valence-corrected chi connectivity index (χ4v) is 2.08. The van der Waals surface area contributed by atoms with Gasteiger partial charge in [-0.3, -0.25) is 10.1 Å². The molecule has 0 aliphatic rings. The molecule has 1 heterocycles. The van der Waals surface area contributed by atoms with Gasteiger partial charge in [-0.1, -0.05) is 12.1 Å². The van der Waals surface area contributed by atoms with E-state index in [-0.39, 0.29) is 17.2 Å². The Hall–Kier alpha value is -2.21. The Bertz CT molecular complexity index is 620. The van der Waals surface area contributed by atoms with Crippen molar-refractivity contribution in [1.82, 2.24) is 9.55 Å². The molecule has 0 radical (unpaired) electrons. The Morgan fingerprint density at radius 1 is 1.42 bits per heavy atom. The second-order valence-corrected chi connectivity index (χ2v) is 4.40. The molecule has 0 spiro atoms. The SMILES string of the molecule is Cc1cn(Cc2cccc([N+](=O)[O-])c2C)c(CO)n1. The number of hydrogen-bond donors (Lipinski definition) is 1. The topological polar surface area (TPSA) is 81.2 Å². The molecule has 1 N–H and O–H groups in total. The lowest BCUT2D eigenvalue weighted by Crippen LogP contribution is -2.06. The lowest BCUT2D eigenvalue weighted by atomic mass is 10.1. The molecule has 0 unspecified atom stereocenters. The molecule has 6 nitrogen and oxygen atoms in total. The van der Waals surface area contributed by atoms with E-state index in [1.807, 2.05) is 19.2 Å². The molecule has 0 amide bonds. The van der Waals surface area contributed by atoms with Crippen molar-refractivity contribution in [3.05, 3.63) is 57.2 Å². The van der Waals surface area contributed by atoms with E-state index in [2.05, 4.69) is 4.98 Å². The molecule has 1 aromatic carbocycles. The van der Waals surface area contributed by atoms with Crippen LogP contribution in [0.5, 0.6) is 0 Å². The molecule has 2 aromatic rings. The smallest absolute Gasteiger partial charge is 0.272 e. The van der Waals surface area contributed by atoms with Crippen LogP contribution in [0.4, 0.5) is 5.69 Å². The van der Waals surface area contributed by atoms with E-state index in [0.29, 0.717) is 17.9 Å². The summed E-state index contributed by atoms with van der Waals surface area (Å²) in [5.74, 6) is 0.559. The van der Waals surface area contributed by atoms with Crippen LogP contribution in [-0.4, -0.2) is 19.6 Å². The number of benzene rings is 1. The van der Waals surface area contributed by atoms with Crippen LogP contribution < -0.4 is 0 Å². The van der Waals surface area contributed by atoms with E-state index in [1.54, 1.807) is 17.6 Å².